The lowest BCUT2D eigenvalue weighted by atomic mass is 10.1. The van der Waals surface area contributed by atoms with Crippen molar-refractivity contribution in [1.29, 1.82) is 0 Å². The molecule has 0 bridgehead atoms. The lowest BCUT2D eigenvalue weighted by molar-refractivity contribution is -0.138. The third-order valence-corrected chi connectivity index (χ3v) is 4.38. The summed E-state index contributed by atoms with van der Waals surface area (Å²) in [6.07, 6.45) is 1.08. The maximum atomic E-state index is 12.2. The average molecular weight is 367 g/mol. The van der Waals surface area contributed by atoms with E-state index in [1.807, 2.05) is 0 Å². The van der Waals surface area contributed by atoms with E-state index in [0.717, 1.165) is 6.26 Å². The molecule has 8 nitrogen and oxygen atoms in total. The summed E-state index contributed by atoms with van der Waals surface area (Å²) in [5.74, 6) is -1.40. The highest BCUT2D eigenvalue weighted by Gasteiger charge is 2.17. The van der Waals surface area contributed by atoms with Gasteiger partial charge in [-0.25, -0.2) is 13.4 Å². The topological polar surface area (TPSA) is 118 Å². The van der Waals surface area contributed by atoms with E-state index in [4.69, 9.17) is 5.11 Å². The highest BCUT2D eigenvalue weighted by atomic mass is 32.2. The van der Waals surface area contributed by atoms with Crippen molar-refractivity contribution in [2.75, 3.05) is 12.8 Å². The molecule has 9 heteroatoms. The fourth-order valence-electron chi connectivity index (χ4n) is 2.50. The number of benzene rings is 1. The Morgan fingerprint density at radius 2 is 2.00 bits per heavy atom. The van der Waals surface area contributed by atoms with E-state index in [0.29, 0.717) is 16.9 Å². The molecule has 0 aliphatic rings. The van der Waals surface area contributed by atoms with E-state index in [1.54, 1.807) is 35.8 Å². The van der Waals surface area contributed by atoms with Gasteiger partial charge in [0.1, 0.15) is 18.1 Å². The summed E-state index contributed by atoms with van der Waals surface area (Å²) in [7, 11) is -3.30. The van der Waals surface area contributed by atoms with Crippen LogP contribution in [0, 0.1) is 5.92 Å². The second-order valence-corrected chi connectivity index (χ2v) is 8.32. The van der Waals surface area contributed by atoms with Crippen molar-refractivity contribution in [1.82, 2.24) is 14.9 Å². The van der Waals surface area contributed by atoms with Crippen LogP contribution in [-0.4, -0.2) is 47.8 Å². The molecule has 0 fully saturated rings. The maximum absolute atomic E-state index is 12.2. The van der Waals surface area contributed by atoms with Gasteiger partial charge in [0.15, 0.2) is 9.84 Å². The van der Waals surface area contributed by atoms with Crippen LogP contribution < -0.4 is 5.32 Å². The molecule has 2 aromatic rings. The summed E-state index contributed by atoms with van der Waals surface area (Å²) in [4.78, 5) is 27.2. The Labute approximate surface area is 145 Å². The van der Waals surface area contributed by atoms with Crippen LogP contribution in [0.4, 0.5) is 0 Å². The largest absolute Gasteiger partial charge is 0.481 e. The number of carboxylic acid groups (broad SMARTS) is 1. The molecule has 1 atom stereocenters. The zero-order valence-electron chi connectivity index (χ0n) is 14.1. The number of hydrogen-bond donors (Lipinski definition) is 2. The molecule has 0 aliphatic carbocycles. The summed E-state index contributed by atoms with van der Waals surface area (Å²) in [5, 5.41) is 11.4. The molecule has 0 saturated heterocycles. The van der Waals surface area contributed by atoms with Crippen LogP contribution in [0.1, 0.15) is 19.2 Å². The van der Waals surface area contributed by atoms with E-state index >= 15 is 0 Å². The van der Waals surface area contributed by atoms with E-state index in [2.05, 4.69) is 10.3 Å². The first-order valence-corrected chi connectivity index (χ1v) is 9.82. The Kier molecular flexibility index (Phi) is 5.78. The minimum absolute atomic E-state index is 0.0341. The number of imidazole rings is 1. The van der Waals surface area contributed by atoms with Gasteiger partial charge in [0, 0.05) is 19.2 Å². The van der Waals surface area contributed by atoms with Gasteiger partial charge in [-0.2, -0.15) is 0 Å². The van der Waals surface area contributed by atoms with Gasteiger partial charge in [-0.1, -0.05) is 19.1 Å². The van der Waals surface area contributed by atoms with Crippen molar-refractivity contribution in [3.8, 4) is 0 Å². The molecular formula is C16H21N3O5S. The van der Waals surface area contributed by atoms with Crippen molar-refractivity contribution >= 4 is 32.7 Å². The number of nitrogens with zero attached hydrogens (tertiary/aromatic N) is 2. The Morgan fingerprint density at radius 1 is 1.32 bits per heavy atom. The van der Waals surface area contributed by atoms with Gasteiger partial charge in [-0.05, 0) is 18.1 Å². The molecule has 0 aliphatic heterocycles. The maximum Gasteiger partial charge on any atom is 0.303 e. The molecular weight excluding hydrogens is 346 g/mol. The molecule has 0 spiro atoms. The number of rotatable bonds is 8. The molecule has 1 aromatic carbocycles. The summed E-state index contributed by atoms with van der Waals surface area (Å²) >= 11 is 0. The van der Waals surface area contributed by atoms with Gasteiger partial charge in [-0.15, -0.1) is 0 Å². The van der Waals surface area contributed by atoms with Crippen LogP contribution in [0.2, 0.25) is 0 Å². The summed E-state index contributed by atoms with van der Waals surface area (Å²) < 4.78 is 24.8. The lowest BCUT2D eigenvalue weighted by Gasteiger charge is -2.12. The van der Waals surface area contributed by atoms with Gasteiger partial charge in [0.2, 0.25) is 5.91 Å². The zero-order chi connectivity index (χ0) is 18.6. The number of para-hydroxylation sites is 2. The third kappa shape index (κ3) is 5.56. The van der Waals surface area contributed by atoms with Crippen molar-refractivity contribution in [3.05, 3.63) is 30.1 Å². The number of carboxylic acids is 1. The molecule has 1 heterocycles. The number of hydrogen-bond acceptors (Lipinski definition) is 5. The van der Waals surface area contributed by atoms with Crippen LogP contribution in [0.15, 0.2) is 24.3 Å². The Balaban J connectivity index is 2.17. The molecule has 0 radical (unpaired) electrons. The van der Waals surface area contributed by atoms with Gasteiger partial charge in [0.25, 0.3) is 0 Å². The van der Waals surface area contributed by atoms with E-state index in [1.165, 1.54) is 0 Å². The van der Waals surface area contributed by atoms with E-state index < -0.39 is 15.8 Å². The zero-order valence-corrected chi connectivity index (χ0v) is 14.9. The van der Waals surface area contributed by atoms with Gasteiger partial charge in [-0.3, -0.25) is 9.59 Å². The quantitative estimate of drug-likeness (QED) is 0.713. The second kappa shape index (κ2) is 7.64. The number of amides is 1. The number of carbonyl (C=O) groups is 2. The molecule has 1 unspecified atom stereocenters. The van der Waals surface area contributed by atoms with Gasteiger partial charge >= 0.3 is 5.97 Å². The SMILES string of the molecule is CC(CNC(=O)Cn1c(CS(C)(=O)=O)nc2ccccc21)CC(=O)O. The molecule has 2 rings (SSSR count). The Bertz CT molecular complexity index is 888. The number of nitrogens with one attached hydrogen (secondary N) is 1. The number of aromatic nitrogens is 2. The summed E-state index contributed by atoms with van der Waals surface area (Å²) in [6, 6.07) is 7.11. The fraction of sp³-hybridized carbons (Fsp3) is 0.438. The van der Waals surface area contributed by atoms with Crippen molar-refractivity contribution in [2.45, 2.75) is 25.6 Å². The minimum atomic E-state index is -3.30. The predicted molar refractivity (Wildman–Crippen MR) is 92.7 cm³/mol. The fourth-order valence-corrected chi connectivity index (χ4v) is 3.19. The molecule has 0 saturated carbocycles. The van der Waals surface area contributed by atoms with Crippen LogP contribution >= 0.6 is 0 Å². The van der Waals surface area contributed by atoms with E-state index in [-0.39, 0.29) is 37.1 Å². The first-order valence-electron chi connectivity index (χ1n) is 7.76. The van der Waals surface area contributed by atoms with Crippen LogP contribution in [0.25, 0.3) is 11.0 Å². The molecule has 1 aromatic heterocycles. The Morgan fingerprint density at radius 3 is 2.64 bits per heavy atom. The molecule has 136 valence electrons. The number of carbonyl (C=O) groups excluding carboxylic acids is 1. The minimum Gasteiger partial charge on any atom is -0.481 e. The Hall–Kier alpha value is -2.42. The molecule has 2 N–H and O–H groups in total. The van der Waals surface area contributed by atoms with Crippen molar-refractivity contribution < 1.29 is 23.1 Å². The smallest absolute Gasteiger partial charge is 0.303 e. The first-order chi connectivity index (χ1) is 11.7. The monoisotopic (exact) mass is 367 g/mol. The van der Waals surface area contributed by atoms with Gasteiger partial charge in [0.05, 0.1) is 11.0 Å². The highest BCUT2D eigenvalue weighted by Crippen LogP contribution is 2.17. The second-order valence-electron chi connectivity index (χ2n) is 6.18. The van der Waals surface area contributed by atoms with Gasteiger partial charge < -0.3 is 15.0 Å². The summed E-state index contributed by atoms with van der Waals surface area (Å²) in [6.45, 7) is 1.89. The number of aliphatic carboxylic acids is 1. The van der Waals surface area contributed by atoms with Crippen LogP contribution in [0.5, 0.6) is 0 Å². The normalized spacial score (nSPS) is 12.9. The molecule has 1 amide bonds. The lowest BCUT2D eigenvalue weighted by Crippen LogP contribution is -2.32. The highest BCUT2D eigenvalue weighted by molar-refractivity contribution is 7.89. The van der Waals surface area contributed by atoms with Crippen molar-refractivity contribution in [2.24, 2.45) is 5.92 Å². The average Bonchev–Trinajstić information content (AvgIpc) is 2.80. The summed E-state index contributed by atoms with van der Waals surface area (Å²) in [5.41, 5.74) is 1.29. The van der Waals surface area contributed by atoms with Crippen LogP contribution in [-0.2, 0) is 31.7 Å². The first kappa shape index (κ1) is 18.9. The number of fused-ring (bicyclic) bond motifs is 1. The predicted octanol–water partition coefficient (Wildman–Crippen LogP) is 0.808. The third-order valence-electron chi connectivity index (χ3n) is 3.60. The van der Waals surface area contributed by atoms with Crippen LogP contribution in [0.3, 0.4) is 0 Å². The van der Waals surface area contributed by atoms with Crippen molar-refractivity contribution in [3.63, 3.8) is 0 Å². The number of sulfone groups is 1. The standard InChI is InChI=1S/C16H21N3O5S/c1-11(7-16(21)22)8-17-15(20)9-19-13-6-4-3-5-12(13)18-14(19)10-25(2,23)24/h3-6,11H,7-10H2,1-2H3,(H,17,20)(H,21,22). The van der Waals surface area contributed by atoms with E-state index in [9.17, 15) is 18.0 Å². The molecule has 25 heavy (non-hydrogen) atoms.